The minimum Gasteiger partial charge on any atom is -0.503 e. The van der Waals surface area contributed by atoms with Gasteiger partial charge in [-0.2, -0.15) is 0 Å². The minimum atomic E-state index is -1.32. The van der Waals surface area contributed by atoms with Gasteiger partial charge in [-0.1, -0.05) is 111 Å². The van der Waals surface area contributed by atoms with Crippen LogP contribution in [0.3, 0.4) is 0 Å². The second kappa shape index (κ2) is 56.1. The second-order valence-electron chi connectivity index (χ2n) is 24.0. The van der Waals surface area contributed by atoms with Crippen LogP contribution < -0.4 is 15.0 Å². The summed E-state index contributed by atoms with van der Waals surface area (Å²) in [6.07, 6.45) is 2.80. The number of nitrogens with zero attached hydrogens (tertiary/aromatic N) is 7. The molecule has 2 heterocycles. The molecule has 6 rings (SSSR count). The molecule has 6 aromatic rings. The lowest BCUT2D eigenvalue weighted by Gasteiger charge is -2.56. The van der Waals surface area contributed by atoms with Gasteiger partial charge < -0.3 is 24.6 Å². The number of nitrogens with one attached hydrogen (secondary N) is 1. The third-order valence-corrected chi connectivity index (χ3v) is 301. The van der Waals surface area contributed by atoms with Crippen LogP contribution in [0.15, 0.2) is 97.6 Å². The number of hydrogen-bond acceptors (Lipinski definition) is 10. The van der Waals surface area contributed by atoms with E-state index >= 15 is 0 Å². The number of anilines is 4. The van der Waals surface area contributed by atoms with E-state index in [1.165, 1.54) is 36.9 Å². The van der Waals surface area contributed by atoms with Crippen LogP contribution >= 0.6 is 336 Å². The first kappa shape index (κ1) is 110. The van der Waals surface area contributed by atoms with Gasteiger partial charge in [-0.25, -0.2) is 38.4 Å². The van der Waals surface area contributed by atoms with Crippen molar-refractivity contribution in [3.05, 3.63) is 143 Å². The molecule has 0 aliphatic rings. The zero-order valence-corrected chi connectivity index (χ0v) is 104. The number of aromatic nitrogens is 4. The summed E-state index contributed by atoms with van der Waals surface area (Å²) in [4.78, 5) is 25.4. The van der Waals surface area contributed by atoms with Gasteiger partial charge in [0.05, 0.1) is 13.1 Å². The number of ether oxygens (including phenoxy) is 3. The maximum Gasteiger partial charge on any atom is 0.222 e. The fraction of sp³-hybridized carbons (Fsp3) is 0.292. The lowest BCUT2D eigenvalue weighted by Crippen LogP contribution is -2.27. The zero-order valence-electron chi connectivity index (χ0n) is 59.2. The number of rotatable bonds is 36. The van der Waals surface area contributed by atoms with Gasteiger partial charge in [0, 0.05) is 51.9 Å². The summed E-state index contributed by atoms with van der Waals surface area (Å²) in [7, 11) is 72.4. The van der Waals surface area contributed by atoms with E-state index in [0.29, 0.717) is 47.5 Å². The lowest BCUT2D eigenvalue weighted by atomic mass is 10.1. The fourth-order valence-electron chi connectivity index (χ4n) is 8.32. The summed E-state index contributed by atoms with van der Waals surface area (Å²) in [6, 6.07) is 26.1. The molecule has 12 nitrogen and oxygen atoms in total. The molecule has 0 spiro atoms. The minimum absolute atomic E-state index is 0.0268. The summed E-state index contributed by atoms with van der Waals surface area (Å²) in [6.45, 7) is 31.0. The fourth-order valence-corrected chi connectivity index (χ4v) is 596. The van der Waals surface area contributed by atoms with E-state index in [1.54, 1.807) is 17.0 Å². The predicted octanol–water partition coefficient (Wildman–Crippen LogP) is 37.3. The third-order valence-electron chi connectivity index (χ3n) is 13.3. The lowest BCUT2D eigenvalue weighted by molar-refractivity contribution is 0.0221. The number of halogens is 2. The van der Waals surface area contributed by atoms with Crippen molar-refractivity contribution in [2.24, 2.45) is 0 Å². The van der Waals surface area contributed by atoms with Crippen LogP contribution in [0.25, 0.3) is 32.2 Å². The van der Waals surface area contributed by atoms with Crippen molar-refractivity contribution in [2.45, 2.75) is 65.2 Å². The number of benzene rings is 4. The SMILES string of the molecule is PP(P)P(P(P)P)P(P(P)P)P(P(P(P(P)P)P(P)P)P(P(P)P)P(P)P)P(P(P(P)P)P(P)P)P(P(P)P)P(P)P.[C-]#[N+]c1ccc(N(COCC[Si](C)(C)C)c2ncnc(-c3ccc(C)cc3)c2OCOCC[Si](C)(C)C)cc1F.[C-]#[N+]c1ccc(Nc2ncnc(-c3ccc(C)cc3)c2O)cc1F. The molecule has 23 atom stereocenters. The van der Waals surface area contributed by atoms with E-state index in [4.69, 9.17) is 27.4 Å². The molecule has 586 valence electrons. The van der Waals surface area contributed by atoms with E-state index in [0.717, 1.165) is 34.3 Å². The molecule has 0 aliphatic heterocycles. The van der Waals surface area contributed by atoms with Gasteiger partial charge >= 0.3 is 0 Å². The largest absolute Gasteiger partial charge is 0.503 e. The molecule has 0 amide bonds. The Labute approximate surface area is 706 Å². The molecule has 2 N–H and O–H groups in total. The Hall–Kier alpha value is 11.5. The van der Waals surface area contributed by atoms with Crippen LogP contribution in [0.2, 0.25) is 51.4 Å². The van der Waals surface area contributed by atoms with Crippen molar-refractivity contribution in [3.63, 3.8) is 0 Å². The van der Waals surface area contributed by atoms with Gasteiger partial charge in [0.1, 0.15) is 42.4 Å². The topological polar surface area (TPSA) is 123 Å². The van der Waals surface area contributed by atoms with Crippen LogP contribution in [0.4, 0.5) is 43.2 Å². The van der Waals surface area contributed by atoms with Crippen LogP contribution in [-0.2, 0) is 9.47 Å². The molecule has 0 saturated heterocycles. The summed E-state index contributed by atoms with van der Waals surface area (Å²) in [5.74, 6) is -0.358. The van der Waals surface area contributed by atoms with Crippen molar-refractivity contribution >= 4 is 387 Å². The van der Waals surface area contributed by atoms with Gasteiger partial charge in [0.25, 0.3) is 0 Å². The van der Waals surface area contributed by atoms with Crippen LogP contribution in [-0.4, -0.2) is 67.9 Å². The molecule has 0 saturated carbocycles. The van der Waals surface area contributed by atoms with Crippen LogP contribution in [0, 0.1) is 38.6 Å². The van der Waals surface area contributed by atoms with Gasteiger partial charge in [0.2, 0.25) is 11.4 Å². The average Bonchev–Trinajstić information content (AvgIpc) is 0.739. The Balaban J connectivity index is 0.000000348. The molecule has 0 fully saturated rings. The van der Waals surface area contributed by atoms with Gasteiger partial charge in [-0.3, -0.25) is 4.90 Å². The Morgan fingerprint density at radius 2 is 0.811 bits per heavy atom. The summed E-state index contributed by atoms with van der Waals surface area (Å²) < 4.78 is 46.7. The van der Waals surface area contributed by atoms with E-state index < -0.39 is 27.8 Å². The van der Waals surface area contributed by atoms with Crippen molar-refractivity contribution in [1.82, 2.24) is 19.9 Å². The first-order valence-electron chi connectivity index (χ1n) is 30.1. The van der Waals surface area contributed by atoms with E-state index in [-0.39, 0.29) is 176 Å². The Kier molecular flexibility index (Phi) is 58.1. The molecule has 106 heavy (non-hydrogen) atoms. The molecular weight excluding hydrogens is 2150 g/mol. The Morgan fingerprint density at radius 3 is 1.20 bits per heavy atom. The molecule has 0 aliphatic carbocycles. The molecule has 23 unspecified atom stereocenters. The zero-order chi connectivity index (χ0) is 80.0. The molecule has 0 bridgehead atoms. The Bertz CT molecular complexity index is 3650. The van der Waals surface area contributed by atoms with Gasteiger partial charge in [-0.05, 0) is 190 Å². The average molecular weight is 2250 g/mol. The third kappa shape index (κ3) is 36.9. The maximum absolute atomic E-state index is 14.8. The molecule has 2 aromatic heterocycles. The van der Waals surface area contributed by atoms with Crippen LogP contribution in [0.1, 0.15) is 11.1 Å². The van der Waals surface area contributed by atoms with Gasteiger partial charge in [-0.15, -0.1) is 196 Å². The van der Waals surface area contributed by atoms with Crippen LogP contribution in [0.5, 0.6) is 11.5 Å². The number of hydrogen-bond donors (Lipinski definition) is 2. The second-order valence-corrected chi connectivity index (χ2v) is 207. The van der Waals surface area contributed by atoms with Gasteiger partial charge in [0.15, 0.2) is 29.9 Å². The highest BCUT2D eigenvalue weighted by molar-refractivity contribution is 9.49. The standard InChI is InChI=1S/C30H41FN4O3Si2.C18H13FN4O.H44P42/c1-23-9-11-24(12-10-23)28-29(38-22-37-16-18-40(6,7)8)30(34-20-33-28)35(21-36-15-17-39(3,4)5)25-13-14-27(32-2)26(31)19-25;1-11-3-5-12(6-4-11)16-17(24)18(22-10-21-16)23-13-7-8-15(20-2)14(19)9-13;1-23(2)34(24(3)4)39(33(21)22)42(40(35(25(5)6)26(7)8)36(27(9)10)28(11)12)41(37(29(13)14)30(15)16)38(31(17)18)32(19)20/h9-14,19-20H,15-18,21-22H2,1,3-8H3;3-10,24H,1H3,(H,21,22,23);1-22H2. The van der Waals surface area contributed by atoms with E-state index in [2.05, 4.69) is 271 Å². The highest BCUT2D eigenvalue weighted by Crippen LogP contribution is 3.43. The highest BCUT2D eigenvalue weighted by atomic mass is 33.5. The van der Waals surface area contributed by atoms with Crippen molar-refractivity contribution < 1.29 is 28.1 Å². The summed E-state index contributed by atoms with van der Waals surface area (Å²) in [5, 5.41) is 13.3. The summed E-state index contributed by atoms with van der Waals surface area (Å²) >= 11 is 0. The molecule has 4 aromatic carbocycles. The molecule has 0 radical (unpaired) electrons. The first-order valence-corrected chi connectivity index (χ1v) is 113. The van der Waals surface area contributed by atoms with Crippen molar-refractivity contribution in [1.29, 1.82) is 0 Å². The van der Waals surface area contributed by atoms with Crippen molar-refractivity contribution in [2.75, 3.05) is 37.0 Å². The first-order chi connectivity index (χ1) is 49.5. The monoisotopic (exact) mass is 2250 g/mol. The number of aromatic hydroxyl groups is 1. The quantitative estimate of drug-likeness (QED) is 0.0129. The van der Waals surface area contributed by atoms with E-state index in [1.807, 2.05) is 62.4 Å². The maximum atomic E-state index is 14.8. The predicted molar refractivity (Wildman–Crippen MR) is 607 cm³/mol. The molecular formula is C48H98F2N8O4P42Si2. The van der Waals surface area contributed by atoms with E-state index in [9.17, 15) is 13.9 Å². The smallest absolute Gasteiger partial charge is 0.222 e. The highest BCUT2D eigenvalue weighted by Gasteiger charge is 2.56. The Morgan fingerprint density at radius 1 is 0.453 bits per heavy atom. The number of aryl methyl sites for hydroxylation is 2. The van der Waals surface area contributed by atoms with Crippen molar-refractivity contribution in [3.8, 4) is 34.0 Å². The molecule has 58 heteroatoms. The normalized spacial score (nSPS) is 12.7. The summed E-state index contributed by atoms with van der Waals surface area (Å²) in [5.41, 5.74) is 5.59.